The lowest BCUT2D eigenvalue weighted by molar-refractivity contribution is -0.121. The highest BCUT2D eigenvalue weighted by Gasteiger charge is 2.03. The van der Waals surface area contributed by atoms with Gasteiger partial charge in [-0.3, -0.25) is 4.79 Å². The van der Waals surface area contributed by atoms with Gasteiger partial charge in [0, 0.05) is 23.5 Å². The van der Waals surface area contributed by atoms with Gasteiger partial charge in [-0.2, -0.15) is 0 Å². The molecule has 94 valence electrons. The molecule has 4 nitrogen and oxygen atoms in total. The molecule has 0 fully saturated rings. The highest BCUT2D eigenvalue weighted by molar-refractivity contribution is 9.10. The van der Waals surface area contributed by atoms with Crippen LogP contribution in [-0.2, 0) is 4.79 Å². The van der Waals surface area contributed by atoms with Gasteiger partial charge in [0.2, 0.25) is 5.91 Å². The van der Waals surface area contributed by atoms with Gasteiger partial charge in [-0.25, -0.2) is 4.98 Å². The summed E-state index contributed by atoms with van der Waals surface area (Å²) in [5.74, 6) is 0.851. The number of pyridine rings is 1. The predicted molar refractivity (Wildman–Crippen MR) is 73.1 cm³/mol. The van der Waals surface area contributed by atoms with E-state index in [0.29, 0.717) is 13.0 Å². The number of nitrogens with one attached hydrogen (secondary N) is 2. The molecule has 1 aromatic rings. The first-order chi connectivity index (χ1) is 7.99. The summed E-state index contributed by atoms with van der Waals surface area (Å²) in [6, 6.07) is 4.02. The second-order valence-electron chi connectivity index (χ2n) is 4.16. The normalized spacial score (nSPS) is 10.4. The second kappa shape index (κ2) is 6.59. The van der Waals surface area contributed by atoms with E-state index in [4.69, 9.17) is 0 Å². The van der Waals surface area contributed by atoms with Gasteiger partial charge in [-0.15, -0.1) is 0 Å². The van der Waals surface area contributed by atoms with E-state index in [9.17, 15) is 4.79 Å². The van der Waals surface area contributed by atoms with Crippen LogP contribution in [-0.4, -0.2) is 23.5 Å². The molecule has 17 heavy (non-hydrogen) atoms. The Morgan fingerprint density at radius 1 is 1.47 bits per heavy atom. The number of rotatable bonds is 5. The second-order valence-corrected chi connectivity index (χ2v) is 5.02. The van der Waals surface area contributed by atoms with E-state index in [1.807, 2.05) is 32.9 Å². The van der Waals surface area contributed by atoms with E-state index < -0.39 is 0 Å². The Hall–Kier alpha value is -1.10. The summed E-state index contributed by atoms with van der Waals surface area (Å²) in [5, 5.41) is 5.97. The number of hydrogen-bond acceptors (Lipinski definition) is 3. The lowest BCUT2D eigenvalue weighted by atomic mass is 10.3. The third kappa shape index (κ3) is 5.17. The first-order valence-corrected chi connectivity index (χ1v) is 6.44. The molecule has 0 bridgehead atoms. The number of amides is 1. The Morgan fingerprint density at radius 3 is 2.76 bits per heavy atom. The maximum atomic E-state index is 11.4. The van der Waals surface area contributed by atoms with Crippen LogP contribution in [0.4, 0.5) is 5.82 Å². The summed E-state index contributed by atoms with van der Waals surface area (Å²) in [6.45, 7) is 6.42. The molecule has 1 heterocycles. The molecule has 0 aromatic carbocycles. The molecule has 0 saturated heterocycles. The summed E-state index contributed by atoms with van der Waals surface area (Å²) in [4.78, 5) is 15.7. The first kappa shape index (κ1) is 14.0. The zero-order chi connectivity index (χ0) is 12.8. The smallest absolute Gasteiger partial charge is 0.221 e. The first-order valence-electron chi connectivity index (χ1n) is 5.65. The predicted octanol–water partition coefficient (Wildman–Crippen LogP) is 2.48. The van der Waals surface area contributed by atoms with Gasteiger partial charge >= 0.3 is 0 Å². The lowest BCUT2D eigenvalue weighted by Gasteiger charge is -2.09. The zero-order valence-corrected chi connectivity index (χ0v) is 12.0. The number of carbonyl (C=O) groups is 1. The molecule has 0 aliphatic heterocycles. The largest absolute Gasteiger partial charge is 0.370 e. The minimum atomic E-state index is 0.0568. The fourth-order valence-electron chi connectivity index (χ4n) is 1.34. The highest BCUT2D eigenvalue weighted by atomic mass is 79.9. The third-order valence-corrected chi connectivity index (χ3v) is 2.97. The van der Waals surface area contributed by atoms with Crippen molar-refractivity contribution in [1.29, 1.82) is 0 Å². The van der Waals surface area contributed by atoms with Gasteiger partial charge in [0.05, 0.1) is 5.69 Å². The van der Waals surface area contributed by atoms with Gasteiger partial charge < -0.3 is 10.6 Å². The summed E-state index contributed by atoms with van der Waals surface area (Å²) >= 11 is 3.39. The van der Waals surface area contributed by atoms with Crippen LogP contribution in [0.25, 0.3) is 0 Å². The van der Waals surface area contributed by atoms with Crippen LogP contribution in [0.5, 0.6) is 0 Å². The van der Waals surface area contributed by atoms with Crippen LogP contribution in [0.15, 0.2) is 16.6 Å². The Kier molecular flexibility index (Phi) is 5.41. The van der Waals surface area contributed by atoms with E-state index in [-0.39, 0.29) is 11.9 Å². The number of anilines is 1. The van der Waals surface area contributed by atoms with E-state index in [0.717, 1.165) is 16.0 Å². The van der Waals surface area contributed by atoms with Crippen LogP contribution in [0, 0.1) is 6.92 Å². The minimum Gasteiger partial charge on any atom is -0.370 e. The molecule has 1 aromatic heterocycles. The van der Waals surface area contributed by atoms with Crippen molar-refractivity contribution in [3.63, 3.8) is 0 Å². The van der Waals surface area contributed by atoms with Crippen LogP contribution in [0.1, 0.15) is 26.0 Å². The molecule has 0 aliphatic carbocycles. The van der Waals surface area contributed by atoms with Crippen molar-refractivity contribution in [3.8, 4) is 0 Å². The van der Waals surface area contributed by atoms with Gasteiger partial charge in [-0.05, 0) is 48.8 Å². The number of aromatic nitrogens is 1. The summed E-state index contributed by atoms with van der Waals surface area (Å²) in [7, 11) is 0. The van der Waals surface area contributed by atoms with E-state index in [1.165, 1.54) is 0 Å². The summed E-state index contributed by atoms with van der Waals surface area (Å²) in [6.07, 6.45) is 0.453. The van der Waals surface area contributed by atoms with Crippen LogP contribution >= 0.6 is 15.9 Å². The molecular formula is C12H18BrN3O. The molecule has 0 spiro atoms. The Balaban J connectivity index is 2.36. The van der Waals surface area contributed by atoms with Crippen molar-refractivity contribution in [3.05, 3.63) is 22.3 Å². The topological polar surface area (TPSA) is 54.0 Å². The van der Waals surface area contributed by atoms with Crippen molar-refractivity contribution in [2.24, 2.45) is 0 Å². The van der Waals surface area contributed by atoms with Crippen molar-refractivity contribution in [2.75, 3.05) is 11.9 Å². The van der Waals surface area contributed by atoms with Crippen LogP contribution in [0.2, 0.25) is 0 Å². The van der Waals surface area contributed by atoms with Gasteiger partial charge in [-0.1, -0.05) is 0 Å². The molecule has 0 saturated carbocycles. The SMILES string of the molecule is Cc1nc(NCCC(=O)NC(C)C)ccc1Br. The molecule has 1 rings (SSSR count). The van der Waals surface area contributed by atoms with Crippen LogP contribution < -0.4 is 10.6 Å². The summed E-state index contributed by atoms with van der Waals surface area (Å²) in [5.41, 5.74) is 0.932. The van der Waals surface area contributed by atoms with E-state index >= 15 is 0 Å². The number of hydrogen-bond donors (Lipinski definition) is 2. The van der Waals surface area contributed by atoms with Gasteiger partial charge in [0.1, 0.15) is 5.82 Å². The van der Waals surface area contributed by atoms with E-state index in [1.54, 1.807) is 0 Å². The molecule has 1 amide bonds. The molecule has 0 radical (unpaired) electrons. The molecule has 5 heteroatoms. The fraction of sp³-hybridized carbons (Fsp3) is 0.500. The highest BCUT2D eigenvalue weighted by Crippen LogP contribution is 2.15. The number of halogens is 1. The van der Waals surface area contributed by atoms with Gasteiger partial charge in [0.15, 0.2) is 0 Å². The van der Waals surface area contributed by atoms with Crippen molar-refractivity contribution < 1.29 is 4.79 Å². The maximum Gasteiger partial charge on any atom is 0.221 e. The molecule has 2 N–H and O–H groups in total. The van der Waals surface area contributed by atoms with Crippen molar-refractivity contribution in [2.45, 2.75) is 33.2 Å². The standard InChI is InChI=1S/C12H18BrN3O/c1-8(2)15-12(17)6-7-14-11-5-4-10(13)9(3)16-11/h4-5,8H,6-7H2,1-3H3,(H,14,16)(H,15,17). The number of nitrogens with zero attached hydrogens (tertiary/aromatic N) is 1. The Labute approximate surface area is 110 Å². The van der Waals surface area contributed by atoms with Crippen LogP contribution in [0.3, 0.4) is 0 Å². The van der Waals surface area contributed by atoms with Crippen molar-refractivity contribution in [1.82, 2.24) is 10.3 Å². The Morgan fingerprint density at radius 2 is 2.18 bits per heavy atom. The Bertz CT molecular complexity index is 393. The lowest BCUT2D eigenvalue weighted by Crippen LogP contribution is -2.31. The maximum absolute atomic E-state index is 11.4. The van der Waals surface area contributed by atoms with Crippen molar-refractivity contribution >= 4 is 27.7 Å². The third-order valence-electron chi connectivity index (χ3n) is 2.13. The average molecular weight is 300 g/mol. The van der Waals surface area contributed by atoms with Gasteiger partial charge in [0.25, 0.3) is 0 Å². The fourth-order valence-corrected chi connectivity index (χ4v) is 1.56. The number of aryl methyl sites for hydroxylation is 1. The minimum absolute atomic E-state index is 0.0568. The monoisotopic (exact) mass is 299 g/mol. The average Bonchev–Trinajstić information content (AvgIpc) is 2.22. The quantitative estimate of drug-likeness (QED) is 0.878. The molecule has 0 unspecified atom stereocenters. The van der Waals surface area contributed by atoms with E-state index in [2.05, 4.69) is 31.5 Å². The molecular weight excluding hydrogens is 282 g/mol. The molecule has 0 aliphatic rings. The molecule has 0 atom stereocenters. The summed E-state index contributed by atoms with van der Waals surface area (Å²) < 4.78 is 0.987. The zero-order valence-electron chi connectivity index (χ0n) is 10.4. The number of carbonyl (C=O) groups excluding carboxylic acids is 1.